The fraction of sp³-hybridized carbons (Fsp3) is 0.440. The molecule has 0 saturated heterocycles. The van der Waals surface area contributed by atoms with Crippen LogP contribution < -0.4 is 0 Å². The van der Waals surface area contributed by atoms with Gasteiger partial charge in [0.15, 0.2) is 0 Å². The zero-order valence-corrected chi connectivity index (χ0v) is 18.1. The van der Waals surface area contributed by atoms with Gasteiger partial charge in [-0.05, 0) is 55.9 Å². The standard InChI is InChI=1S/C25H31NO4/c1-25(2,3)26(16-10-4-5-15-23(27)28)24(29)30-17-22-20-13-8-6-11-18(20)19-12-7-9-14-21(19)22/h6-9,11-14,22H,4-5,10,15-17H2,1-3H3,(H,27,28). The number of benzene rings is 2. The molecule has 1 aliphatic carbocycles. The van der Waals surface area contributed by atoms with E-state index in [2.05, 4.69) is 24.3 Å². The third kappa shape index (κ3) is 5.02. The van der Waals surface area contributed by atoms with E-state index in [4.69, 9.17) is 9.84 Å². The first kappa shape index (κ1) is 21.9. The van der Waals surface area contributed by atoms with Gasteiger partial charge < -0.3 is 14.7 Å². The highest BCUT2D eigenvalue weighted by Crippen LogP contribution is 2.44. The number of carbonyl (C=O) groups is 2. The molecule has 5 heteroatoms. The third-order valence-corrected chi connectivity index (χ3v) is 5.64. The molecule has 0 radical (unpaired) electrons. The fourth-order valence-electron chi connectivity index (χ4n) is 4.10. The number of carbonyl (C=O) groups excluding carboxylic acids is 1. The minimum atomic E-state index is -0.779. The molecule has 2 aromatic carbocycles. The van der Waals surface area contributed by atoms with E-state index < -0.39 is 5.97 Å². The third-order valence-electron chi connectivity index (χ3n) is 5.64. The van der Waals surface area contributed by atoms with Gasteiger partial charge >= 0.3 is 12.1 Å². The second-order valence-corrected chi connectivity index (χ2v) is 8.83. The summed E-state index contributed by atoms with van der Waals surface area (Å²) in [7, 11) is 0. The average molecular weight is 410 g/mol. The molecular formula is C25H31NO4. The monoisotopic (exact) mass is 409 g/mol. The summed E-state index contributed by atoms with van der Waals surface area (Å²) in [5.41, 5.74) is 4.44. The number of fused-ring (bicyclic) bond motifs is 3. The lowest BCUT2D eigenvalue weighted by molar-refractivity contribution is -0.137. The van der Waals surface area contributed by atoms with Crippen LogP contribution in [0.5, 0.6) is 0 Å². The Morgan fingerprint density at radius 2 is 1.50 bits per heavy atom. The van der Waals surface area contributed by atoms with E-state index in [1.807, 2.05) is 45.0 Å². The molecule has 160 valence electrons. The van der Waals surface area contributed by atoms with E-state index in [1.54, 1.807) is 4.90 Å². The van der Waals surface area contributed by atoms with Crippen LogP contribution in [-0.4, -0.2) is 40.8 Å². The molecule has 5 nitrogen and oxygen atoms in total. The highest BCUT2D eigenvalue weighted by molar-refractivity contribution is 5.79. The first-order chi connectivity index (χ1) is 14.3. The maximum absolute atomic E-state index is 13.0. The fourth-order valence-corrected chi connectivity index (χ4v) is 4.10. The molecule has 0 aromatic heterocycles. The molecule has 0 atom stereocenters. The smallest absolute Gasteiger partial charge is 0.410 e. The Morgan fingerprint density at radius 1 is 0.933 bits per heavy atom. The van der Waals surface area contributed by atoms with Crippen molar-refractivity contribution in [1.29, 1.82) is 0 Å². The van der Waals surface area contributed by atoms with E-state index in [9.17, 15) is 9.59 Å². The molecule has 0 saturated carbocycles. The van der Waals surface area contributed by atoms with Crippen molar-refractivity contribution in [2.45, 2.75) is 57.9 Å². The number of hydrogen-bond acceptors (Lipinski definition) is 3. The number of nitrogens with zero attached hydrogens (tertiary/aromatic N) is 1. The van der Waals surface area contributed by atoms with Gasteiger partial charge in [0.1, 0.15) is 6.61 Å². The molecule has 1 amide bonds. The van der Waals surface area contributed by atoms with Gasteiger partial charge in [-0.1, -0.05) is 55.0 Å². The molecule has 0 bridgehead atoms. The van der Waals surface area contributed by atoms with Crippen molar-refractivity contribution in [2.75, 3.05) is 13.2 Å². The summed E-state index contributed by atoms with van der Waals surface area (Å²) >= 11 is 0. The van der Waals surface area contributed by atoms with Crippen LogP contribution in [0.2, 0.25) is 0 Å². The van der Waals surface area contributed by atoms with Crippen molar-refractivity contribution in [3.05, 3.63) is 59.7 Å². The normalized spacial score (nSPS) is 12.9. The summed E-state index contributed by atoms with van der Waals surface area (Å²) in [6.45, 7) is 6.83. The highest BCUT2D eigenvalue weighted by atomic mass is 16.6. The maximum Gasteiger partial charge on any atom is 0.410 e. The second-order valence-electron chi connectivity index (χ2n) is 8.83. The highest BCUT2D eigenvalue weighted by Gasteiger charge is 2.32. The lowest BCUT2D eigenvalue weighted by Crippen LogP contribution is -2.46. The van der Waals surface area contributed by atoms with Crippen molar-refractivity contribution in [3.63, 3.8) is 0 Å². The SMILES string of the molecule is CC(C)(C)N(CCCCCC(=O)O)C(=O)OCC1c2ccccc2-c2ccccc21. The quantitative estimate of drug-likeness (QED) is 0.570. The van der Waals surface area contributed by atoms with Gasteiger partial charge in [0.05, 0.1) is 0 Å². The summed E-state index contributed by atoms with van der Waals surface area (Å²) in [5, 5.41) is 8.77. The van der Waals surface area contributed by atoms with Gasteiger partial charge in [-0.2, -0.15) is 0 Å². The Kier molecular flexibility index (Phi) is 6.80. The molecule has 30 heavy (non-hydrogen) atoms. The van der Waals surface area contributed by atoms with Crippen molar-refractivity contribution in [3.8, 4) is 11.1 Å². The van der Waals surface area contributed by atoms with Crippen molar-refractivity contribution < 1.29 is 19.4 Å². The number of rotatable bonds is 8. The van der Waals surface area contributed by atoms with Gasteiger partial charge in [0.2, 0.25) is 0 Å². The van der Waals surface area contributed by atoms with Gasteiger partial charge in [0.25, 0.3) is 0 Å². The summed E-state index contributed by atoms with van der Waals surface area (Å²) in [6.07, 6.45) is 2.01. The molecule has 0 spiro atoms. The number of aliphatic carboxylic acids is 1. The van der Waals surface area contributed by atoms with E-state index in [1.165, 1.54) is 22.3 Å². The van der Waals surface area contributed by atoms with E-state index in [0.29, 0.717) is 19.6 Å². The first-order valence-electron chi connectivity index (χ1n) is 10.6. The molecule has 2 aromatic rings. The lowest BCUT2D eigenvalue weighted by Gasteiger charge is -2.35. The summed E-state index contributed by atoms with van der Waals surface area (Å²) in [4.78, 5) is 25.4. The van der Waals surface area contributed by atoms with Crippen LogP contribution in [0.3, 0.4) is 0 Å². The number of hydrogen-bond donors (Lipinski definition) is 1. The van der Waals surface area contributed by atoms with Crippen LogP contribution in [0.25, 0.3) is 11.1 Å². The molecule has 1 N–H and O–H groups in total. The van der Waals surface area contributed by atoms with E-state index >= 15 is 0 Å². The zero-order chi connectivity index (χ0) is 21.7. The summed E-state index contributed by atoms with van der Waals surface area (Å²) < 4.78 is 5.82. The Labute approximate surface area is 178 Å². The molecule has 0 aliphatic heterocycles. The average Bonchev–Trinajstić information content (AvgIpc) is 3.01. The Morgan fingerprint density at radius 3 is 2.03 bits per heavy atom. The van der Waals surface area contributed by atoms with Gasteiger partial charge in [-0.25, -0.2) is 4.79 Å². The summed E-state index contributed by atoms with van der Waals surface area (Å²) in [6, 6.07) is 16.6. The molecule has 0 heterocycles. The van der Waals surface area contributed by atoms with Crippen LogP contribution in [0, 0.1) is 0 Å². The van der Waals surface area contributed by atoms with Crippen molar-refractivity contribution in [2.24, 2.45) is 0 Å². The number of ether oxygens (including phenoxy) is 1. The molecule has 0 fully saturated rings. The lowest BCUT2D eigenvalue weighted by atomic mass is 9.98. The van der Waals surface area contributed by atoms with Crippen LogP contribution in [0.4, 0.5) is 4.79 Å². The van der Waals surface area contributed by atoms with Crippen molar-refractivity contribution in [1.82, 2.24) is 4.90 Å². The molecule has 0 unspecified atom stereocenters. The van der Waals surface area contributed by atoms with E-state index in [0.717, 1.165) is 12.8 Å². The van der Waals surface area contributed by atoms with Crippen molar-refractivity contribution >= 4 is 12.1 Å². The Balaban J connectivity index is 1.65. The maximum atomic E-state index is 13.0. The Hall–Kier alpha value is -2.82. The zero-order valence-electron chi connectivity index (χ0n) is 18.1. The largest absolute Gasteiger partial charge is 0.481 e. The second kappa shape index (κ2) is 9.33. The van der Waals surface area contributed by atoms with Crippen LogP contribution in [-0.2, 0) is 9.53 Å². The summed E-state index contributed by atoms with van der Waals surface area (Å²) in [5.74, 6) is -0.738. The Bertz CT molecular complexity index is 855. The number of amides is 1. The predicted octanol–water partition coefficient (Wildman–Crippen LogP) is 5.68. The van der Waals surface area contributed by atoms with Crippen LogP contribution >= 0.6 is 0 Å². The van der Waals surface area contributed by atoms with Gasteiger partial charge in [-0.3, -0.25) is 4.79 Å². The first-order valence-corrected chi connectivity index (χ1v) is 10.6. The molecular weight excluding hydrogens is 378 g/mol. The van der Waals surface area contributed by atoms with Gasteiger partial charge in [0, 0.05) is 24.4 Å². The topological polar surface area (TPSA) is 66.8 Å². The van der Waals surface area contributed by atoms with Crippen LogP contribution in [0.15, 0.2) is 48.5 Å². The molecule has 3 rings (SSSR count). The number of unbranched alkanes of at least 4 members (excludes halogenated alkanes) is 2. The number of carboxylic acids is 1. The van der Waals surface area contributed by atoms with Gasteiger partial charge in [-0.15, -0.1) is 0 Å². The minimum absolute atomic E-state index is 0.0405. The van der Waals surface area contributed by atoms with Crippen LogP contribution in [0.1, 0.15) is 63.5 Å². The van der Waals surface area contributed by atoms with E-state index in [-0.39, 0.29) is 24.0 Å². The minimum Gasteiger partial charge on any atom is -0.481 e. The number of carboxylic acid groups (broad SMARTS) is 1. The predicted molar refractivity (Wildman–Crippen MR) is 118 cm³/mol. The molecule has 1 aliphatic rings.